The van der Waals surface area contributed by atoms with Gasteiger partial charge in [0.1, 0.15) is 0 Å². The van der Waals surface area contributed by atoms with Crippen LogP contribution in [0.25, 0.3) is 21.1 Å². The first kappa shape index (κ1) is 17.1. The molecule has 0 N–H and O–H groups in total. The Labute approximate surface area is 163 Å². The van der Waals surface area contributed by atoms with Gasteiger partial charge in [0.05, 0.1) is 0 Å². The zero-order valence-electron chi connectivity index (χ0n) is 14.3. The molecule has 0 saturated carbocycles. The summed E-state index contributed by atoms with van der Waals surface area (Å²) in [5.41, 5.74) is 3.22. The van der Waals surface area contributed by atoms with Crippen LogP contribution in [0.1, 0.15) is 12.6 Å². The second-order valence-electron chi connectivity index (χ2n) is 5.68. The number of thiazole rings is 1. The summed E-state index contributed by atoms with van der Waals surface area (Å²) in [6.07, 6.45) is 6.55. The Bertz CT molecular complexity index is 1020. The summed E-state index contributed by atoms with van der Waals surface area (Å²) in [6.45, 7) is 2.12. The van der Waals surface area contributed by atoms with Gasteiger partial charge in [0.25, 0.3) is 0 Å². The summed E-state index contributed by atoms with van der Waals surface area (Å²) in [6, 6.07) is 16.5. The van der Waals surface area contributed by atoms with Gasteiger partial charge in [0.2, 0.25) is 0 Å². The van der Waals surface area contributed by atoms with Crippen molar-refractivity contribution in [2.45, 2.75) is 13.3 Å². The van der Waals surface area contributed by atoms with E-state index in [4.69, 9.17) is 0 Å². The van der Waals surface area contributed by atoms with Crippen molar-refractivity contribution in [2.75, 3.05) is 0 Å². The van der Waals surface area contributed by atoms with Crippen molar-refractivity contribution in [1.82, 2.24) is 19.9 Å². The second kappa shape index (κ2) is 7.90. The van der Waals surface area contributed by atoms with Gasteiger partial charge in [-0.15, -0.1) is 0 Å². The first-order valence-electron chi connectivity index (χ1n) is 8.38. The molecule has 4 nitrogen and oxygen atoms in total. The average Bonchev–Trinajstić information content (AvgIpc) is 3.19. The maximum absolute atomic E-state index is 4.66. The van der Waals surface area contributed by atoms with Crippen LogP contribution in [0.2, 0.25) is 0 Å². The number of rotatable bonds is 5. The third-order valence-electron chi connectivity index (χ3n) is 3.87. The minimum absolute atomic E-state index is 0.544. The molecule has 0 aliphatic carbocycles. The van der Waals surface area contributed by atoms with Crippen LogP contribution >= 0.6 is 11.3 Å². The standard InChI is InChI=1S/C20H17AsN4S/c1-2-16-9-11-23-20(25-16)21-15-7-5-6-14(12-15)18-13-24-19(26-18)17-8-3-4-10-22-17/h3-13,21H,2H2,1H3. The molecule has 4 rings (SSSR count). The summed E-state index contributed by atoms with van der Waals surface area (Å²) >= 11 is 1.13. The summed E-state index contributed by atoms with van der Waals surface area (Å²) in [5.74, 6) is 0. The Balaban J connectivity index is 1.59. The summed E-state index contributed by atoms with van der Waals surface area (Å²) < 4.78 is 2.31. The fraction of sp³-hybridized carbons (Fsp3) is 0.100. The fourth-order valence-electron chi connectivity index (χ4n) is 2.55. The van der Waals surface area contributed by atoms with Crippen LogP contribution in [-0.2, 0) is 6.42 Å². The molecule has 3 heterocycles. The number of aromatic nitrogens is 4. The predicted molar refractivity (Wildman–Crippen MR) is 109 cm³/mol. The van der Waals surface area contributed by atoms with E-state index in [1.54, 1.807) is 17.5 Å². The Hall–Kier alpha value is -2.36. The van der Waals surface area contributed by atoms with E-state index < -0.39 is 15.8 Å². The van der Waals surface area contributed by atoms with Crippen LogP contribution < -0.4 is 8.96 Å². The molecule has 6 heteroatoms. The molecule has 0 fully saturated rings. The molecular weight excluding hydrogens is 403 g/mol. The van der Waals surface area contributed by atoms with Crippen molar-refractivity contribution in [1.29, 1.82) is 0 Å². The third-order valence-corrected chi connectivity index (χ3v) is 7.17. The van der Waals surface area contributed by atoms with Gasteiger partial charge in [-0.3, -0.25) is 0 Å². The molecule has 0 aliphatic rings. The number of nitrogens with zero attached hydrogens (tertiary/aromatic N) is 4. The molecule has 0 bridgehead atoms. The van der Waals surface area contributed by atoms with E-state index in [0.717, 1.165) is 32.3 Å². The van der Waals surface area contributed by atoms with E-state index in [9.17, 15) is 0 Å². The summed E-state index contributed by atoms with van der Waals surface area (Å²) in [4.78, 5) is 19.2. The Morgan fingerprint density at radius 3 is 2.77 bits per heavy atom. The van der Waals surface area contributed by atoms with E-state index in [0.29, 0.717) is 0 Å². The topological polar surface area (TPSA) is 51.6 Å². The number of hydrogen-bond acceptors (Lipinski definition) is 5. The Morgan fingerprint density at radius 2 is 1.92 bits per heavy atom. The summed E-state index contributed by atoms with van der Waals surface area (Å²) in [7, 11) is 0. The number of aryl methyl sites for hydroxylation is 1. The molecule has 1 atom stereocenters. The van der Waals surface area contributed by atoms with E-state index in [1.807, 2.05) is 36.7 Å². The molecule has 128 valence electrons. The monoisotopic (exact) mass is 420 g/mol. The van der Waals surface area contributed by atoms with Gasteiger partial charge in [-0.25, -0.2) is 0 Å². The fourth-order valence-corrected chi connectivity index (χ4v) is 5.54. The molecule has 0 saturated heterocycles. The van der Waals surface area contributed by atoms with E-state index in [1.165, 1.54) is 9.91 Å². The van der Waals surface area contributed by atoms with Crippen molar-refractivity contribution >= 4 is 36.1 Å². The van der Waals surface area contributed by atoms with Crippen LogP contribution in [0.5, 0.6) is 0 Å². The molecule has 1 unspecified atom stereocenters. The molecule has 1 aromatic carbocycles. The zero-order valence-corrected chi connectivity index (χ0v) is 17.2. The molecule has 0 amide bonds. The summed E-state index contributed by atoms with van der Waals surface area (Å²) in [5, 5.41) is 0.945. The first-order valence-corrected chi connectivity index (χ1v) is 11.3. The molecule has 26 heavy (non-hydrogen) atoms. The van der Waals surface area contributed by atoms with Crippen LogP contribution in [-0.4, -0.2) is 35.7 Å². The van der Waals surface area contributed by atoms with Gasteiger partial charge in [0.15, 0.2) is 0 Å². The van der Waals surface area contributed by atoms with Crippen molar-refractivity contribution in [2.24, 2.45) is 0 Å². The first-order chi connectivity index (χ1) is 12.8. The molecule has 4 aromatic rings. The Kier molecular flexibility index (Phi) is 5.18. The number of hydrogen-bond donors (Lipinski definition) is 0. The Morgan fingerprint density at radius 1 is 0.962 bits per heavy atom. The van der Waals surface area contributed by atoms with Crippen LogP contribution in [0.15, 0.2) is 67.1 Å². The maximum atomic E-state index is 4.66. The van der Waals surface area contributed by atoms with Gasteiger partial charge in [-0.1, -0.05) is 0 Å². The SMILES string of the molecule is CCc1ccnc([AsH]c2cccc(-c3cnc(-c4ccccn4)s3)c2)n1. The van der Waals surface area contributed by atoms with Gasteiger partial charge in [-0.05, 0) is 0 Å². The molecule has 0 spiro atoms. The third kappa shape index (κ3) is 3.90. The minimum atomic E-state index is -0.544. The van der Waals surface area contributed by atoms with Crippen molar-refractivity contribution < 1.29 is 0 Å². The number of benzene rings is 1. The van der Waals surface area contributed by atoms with Crippen molar-refractivity contribution in [3.05, 3.63) is 72.8 Å². The van der Waals surface area contributed by atoms with Crippen molar-refractivity contribution in [3.8, 4) is 21.1 Å². The van der Waals surface area contributed by atoms with Crippen molar-refractivity contribution in [3.63, 3.8) is 0 Å². The van der Waals surface area contributed by atoms with E-state index in [-0.39, 0.29) is 0 Å². The van der Waals surface area contributed by atoms with Crippen LogP contribution in [0, 0.1) is 0 Å². The quantitative estimate of drug-likeness (QED) is 0.466. The van der Waals surface area contributed by atoms with Gasteiger partial charge < -0.3 is 0 Å². The zero-order chi connectivity index (χ0) is 17.8. The van der Waals surface area contributed by atoms with E-state index in [2.05, 4.69) is 51.1 Å². The number of pyridine rings is 1. The second-order valence-corrected chi connectivity index (χ2v) is 9.38. The van der Waals surface area contributed by atoms with Gasteiger partial charge in [-0.2, -0.15) is 0 Å². The van der Waals surface area contributed by atoms with E-state index >= 15 is 0 Å². The molecular formula is C20H17AsN4S. The predicted octanol–water partition coefficient (Wildman–Crippen LogP) is 2.61. The normalized spacial score (nSPS) is 11.3. The molecule has 0 aliphatic heterocycles. The molecule has 0 radical (unpaired) electrons. The van der Waals surface area contributed by atoms with Gasteiger partial charge in [0, 0.05) is 0 Å². The van der Waals surface area contributed by atoms with Crippen LogP contribution in [0.3, 0.4) is 0 Å². The molecule has 3 aromatic heterocycles. The van der Waals surface area contributed by atoms with Gasteiger partial charge >= 0.3 is 163 Å². The average molecular weight is 420 g/mol. The van der Waals surface area contributed by atoms with Crippen LogP contribution in [0.4, 0.5) is 0 Å².